The number of benzene rings is 1. The largest absolute Gasteiger partial charge is 0.401 e. The molecule has 2 N–H and O–H groups in total. The first kappa shape index (κ1) is 25.2. The van der Waals surface area contributed by atoms with Gasteiger partial charge in [0.2, 0.25) is 11.9 Å². The van der Waals surface area contributed by atoms with E-state index in [1.807, 2.05) is 0 Å². The van der Waals surface area contributed by atoms with Crippen molar-refractivity contribution in [3.8, 4) is 11.1 Å². The zero-order valence-corrected chi connectivity index (χ0v) is 19.1. The van der Waals surface area contributed by atoms with Gasteiger partial charge in [0.25, 0.3) is 0 Å². The second-order valence-electron chi connectivity index (χ2n) is 8.59. The molecule has 9 nitrogen and oxygen atoms in total. The van der Waals surface area contributed by atoms with Crippen molar-refractivity contribution in [1.82, 2.24) is 24.9 Å². The van der Waals surface area contributed by atoms with Crippen molar-refractivity contribution in [2.75, 3.05) is 10.6 Å². The molecule has 5 rings (SSSR count). The minimum atomic E-state index is -4.48. The summed E-state index contributed by atoms with van der Waals surface area (Å²) < 4.78 is 84.9. The Morgan fingerprint density at radius 1 is 1.11 bits per heavy atom. The van der Waals surface area contributed by atoms with Crippen LogP contribution >= 0.6 is 0 Å². The number of rotatable bonds is 8. The molecular formula is C23H17F6N7O2. The molecule has 1 aliphatic carbocycles. The third-order valence-electron chi connectivity index (χ3n) is 5.99. The van der Waals surface area contributed by atoms with E-state index < -0.39 is 36.3 Å². The summed E-state index contributed by atoms with van der Waals surface area (Å²) in [6.45, 7) is -2.79. The first-order chi connectivity index (χ1) is 18.0. The molecule has 1 aliphatic rings. The van der Waals surface area contributed by atoms with Crippen LogP contribution in [0.3, 0.4) is 0 Å². The minimum Gasteiger partial charge on any atom is -0.358 e. The van der Waals surface area contributed by atoms with Crippen LogP contribution in [0.5, 0.6) is 0 Å². The molecule has 1 amide bonds. The molecule has 3 heterocycles. The molecule has 3 aromatic heterocycles. The van der Waals surface area contributed by atoms with Gasteiger partial charge in [-0.2, -0.15) is 27.1 Å². The van der Waals surface area contributed by atoms with E-state index in [9.17, 15) is 31.1 Å². The molecule has 0 aliphatic heterocycles. The van der Waals surface area contributed by atoms with Gasteiger partial charge in [-0.05, 0) is 30.0 Å². The average Bonchev–Trinajstić information content (AvgIpc) is 3.34. The Labute approximate surface area is 209 Å². The number of anilines is 3. The van der Waals surface area contributed by atoms with Crippen LogP contribution in [0, 0.1) is 5.82 Å². The van der Waals surface area contributed by atoms with Crippen molar-refractivity contribution in [2.45, 2.75) is 37.4 Å². The van der Waals surface area contributed by atoms with Crippen molar-refractivity contribution in [3.05, 3.63) is 66.2 Å². The number of nitrogens with zero attached hydrogens (tertiary/aromatic N) is 5. The molecule has 198 valence electrons. The van der Waals surface area contributed by atoms with Crippen LogP contribution in [-0.2, 0) is 16.6 Å². The number of nitrogens with one attached hydrogen (secondary N) is 2. The van der Waals surface area contributed by atoms with Gasteiger partial charge in [0.05, 0.1) is 24.5 Å². The number of hydrogen-bond donors (Lipinski definition) is 2. The van der Waals surface area contributed by atoms with E-state index >= 15 is 0 Å². The summed E-state index contributed by atoms with van der Waals surface area (Å²) in [5, 5.41) is 12.0. The van der Waals surface area contributed by atoms with Gasteiger partial charge >= 0.3 is 12.7 Å². The summed E-state index contributed by atoms with van der Waals surface area (Å²) in [5.41, 5.74) is -0.921. The van der Waals surface area contributed by atoms with E-state index in [1.54, 1.807) is 6.07 Å². The van der Waals surface area contributed by atoms with Gasteiger partial charge in [-0.1, -0.05) is 17.3 Å². The number of halogens is 6. The van der Waals surface area contributed by atoms with Gasteiger partial charge in [-0.15, -0.1) is 0 Å². The van der Waals surface area contributed by atoms with Crippen molar-refractivity contribution < 1.29 is 35.7 Å². The van der Waals surface area contributed by atoms with Gasteiger partial charge in [0.15, 0.2) is 11.6 Å². The van der Waals surface area contributed by atoms with Crippen LogP contribution < -0.4 is 10.6 Å². The highest BCUT2D eigenvalue weighted by Crippen LogP contribution is 2.59. The van der Waals surface area contributed by atoms with Gasteiger partial charge in [-0.25, -0.2) is 19.0 Å². The third kappa shape index (κ3) is 5.03. The molecule has 1 fully saturated rings. The maximum Gasteiger partial charge on any atom is 0.401 e. The highest BCUT2D eigenvalue weighted by atomic mass is 19.4. The zero-order chi connectivity index (χ0) is 27.1. The number of hydrogen-bond acceptors (Lipinski definition) is 7. The van der Waals surface area contributed by atoms with Crippen LogP contribution in [0.4, 0.5) is 43.8 Å². The summed E-state index contributed by atoms with van der Waals surface area (Å²) in [5.74, 6) is -1.85. The molecule has 15 heteroatoms. The first-order valence-corrected chi connectivity index (χ1v) is 11.1. The van der Waals surface area contributed by atoms with Crippen LogP contribution in [0.1, 0.15) is 30.7 Å². The average molecular weight is 537 g/mol. The predicted molar refractivity (Wildman–Crippen MR) is 120 cm³/mol. The SMILES string of the molecule is O=C(Cc1ccc(-c2cnc(Nc3cnn(C(F)F)c3)nc2)cc1F)Nc1cc(C2(C(F)(F)F)CC2)on1. The Hall–Kier alpha value is -4.43. The summed E-state index contributed by atoms with van der Waals surface area (Å²) in [6, 6.07) is 5.13. The fourth-order valence-corrected chi connectivity index (χ4v) is 3.76. The van der Waals surface area contributed by atoms with Gasteiger partial charge in [0, 0.05) is 24.0 Å². The molecule has 0 radical (unpaired) electrons. The Morgan fingerprint density at radius 2 is 1.84 bits per heavy atom. The summed E-state index contributed by atoms with van der Waals surface area (Å²) >= 11 is 0. The van der Waals surface area contributed by atoms with Crippen LogP contribution in [0.25, 0.3) is 11.1 Å². The fraction of sp³-hybridized carbons (Fsp3) is 0.261. The predicted octanol–water partition coefficient (Wildman–Crippen LogP) is 5.38. The Bertz CT molecular complexity index is 1460. The highest BCUT2D eigenvalue weighted by molar-refractivity contribution is 5.91. The standard InChI is InChI=1S/C23H17F6N7O2/c24-16-5-12(14-8-30-21(31-9-14)33-15-10-32-36(11-15)20(25)26)1-2-13(16)6-19(37)34-18-7-17(38-35-18)22(3-4-22)23(27,28)29/h1-2,5,7-11,20H,3-4,6H2,(H,30,31,33)(H,34,35,37). The lowest BCUT2D eigenvalue weighted by atomic mass is 10.0. The Kier molecular flexibility index (Phi) is 6.28. The molecular weight excluding hydrogens is 520 g/mol. The fourth-order valence-electron chi connectivity index (χ4n) is 3.76. The van der Waals surface area contributed by atoms with Crippen LogP contribution in [-0.4, -0.2) is 37.0 Å². The topological polar surface area (TPSA) is 111 Å². The van der Waals surface area contributed by atoms with Crippen LogP contribution in [0.15, 0.2) is 53.6 Å². The molecule has 0 spiro atoms. The summed E-state index contributed by atoms with van der Waals surface area (Å²) in [6.07, 6.45) is -0.0673. The lowest BCUT2D eigenvalue weighted by Crippen LogP contribution is -2.28. The third-order valence-corrected chi connectivity index (χ3v) is 5.99. The van der Waals surface area contributed by atoms with E-state index in [0.717, 1.165) is 12.3 Å². The van der Waals surface area contributed by atoms with Gasteiger partial charge in [0.1, 0.15) is 11.2 Å². The maximum absolute atomic E-state index is 14.7. The Morgan fingerprint density at radius 3 is 2.45 bits per heavy atom. The van der Waals surface area contributed by atoms with Crippen molar-refractivity contribution in [1.29, 1.82) is 0 Å². The number of carbonyl (C=O) groups is 1. The lowest BCUT2D eigenvalue weighted by molar-refractivity contribution is -0.165. The van der Waals surface area contributed by atoms with E-state index in [0.29, 0.717) is 15.8 Å². The second-order valence-corrected chi connectivity index (χ2v) is 8.59. The Balaban J connectivity index is 1.20. The van der Waals surface area contributed by atoms with Crippen molar-refractivity contribution in [3.63, 3.8) is 0 Å². The molecule has 1 aromatic carbocycles. The van der Waals surface area contributed by atoms with E-state index in [-0.39, 0.29) is 41.6 Å². The molecule has 0 bridgehead atoms. The maximum atomic E-state index is 14.7. The number of amides is 1. The highest BCUT2D eigenvalue weighted by Gasteiger charge is 2.66. The minimum absolute atomic E-state index is 0.0409. The smallest absolute Gasteiger partial charge is 0.358 e. The van der Waals surface area contributed by atoms with E-state index in [4.69, 9.17) is 4.52 Å². The monoisotopic (exact) mass is 537 g/mol. The normalized spacial score (nSPS) is 14.5. The second kappa shape index (κ2) is 9.46. The van der Waals surface area contributed by atoms with E-state index in [2.05, 4.69) is 30.9 Å². The molecule has 0 unspecified atom stereocenters. The molecule has 38 heavy (non-hydrogen) atoms. The number of alkyl halides is 5. The number of aromatic nitrogens is 5. The number of carbonyl (C=O) groups excluding carboxylic acids is 1. The molecule has 0 saturated heterocycles. The van der Waals surface area contributed by atoms with Crippen molar-refractivity contribution in [2.24, 2.45) is 0 Å². The van der Waals surface area contributed by atoms with Gasteiger partial charge < -0.3 is 15.2 Å². The van der Waals surface area contributed by atoms with Crippen molar-refractivity contribution >= 4 is 23.4 Å². The summed E-state index contributed by atoms with van der Waals surface area (Å²) in [7, 11) is 0. The van der Waals surface area contributed by atoms with E-state index in [1.165, 1.54) is 30.7 Å². The zero-order valence-electron chi connectivity index (χ0n) is 19.1. The summed E-state index contributed by atoms with van der Waals surface area (Å²) in [4.78, 5) is 20.5. The van der Waals surface area contributed by atoms with Crippen LogP contribution in [0.2, 0.25) is 0 Å². The molecule has 1 saturated carbocycles. The quantitative estimate of drug-likeness (QED) is 0.290. The van der Waals surface area contributed by atoms with Gasteiger partial charge in [-0.3, -0.25) is 4.79 Å². The molecule has 4 aromatic rings. The lowest BCUT2D eigenvalue weighted by Gasteiger charge is -2.14. The first-order valence-electron chi connectivity index (χ1n) is 11.1. The molecule has 0 atom stereocenters.